The third-order valence-corrected chi connectivity index (χ3v) is 2.57. The fraction of sp³-hybridized carbons (Fsp3) is 0.231. The third-order valence-electron chi connectivity index (χ3n) is 2.57. The molecule has 1 aromatic heterocycles. The van der Waals surface area contributed by atoms with Crippen LogP contribution in [0.4, 0.5) is 4.39 Å². The van der Waals surface area contributed by atoms with Gasteiger partial charge in [-0.25, -0.2) is 4.39 Å². The molecule has 3 heteroatoms. The minimum absolute atomic E-state index is 0.286. The summed E-state index contributed by atoms with van der Waals surface area (Å²) in [7, 11) is 0. The van der Waals surface area contributed by atoms with Gasteiger partial charge in [0, 0.05) is 6.42 Å². The highest BCUT2D eigenvalue weighted by Gasteiger charge is 2.12. The highest BCUT2D eigenvalue weighted by Crippen LogP contribution is 2.22. The first-order chi connectivity index (χ1) is 7.66. The molecule has 2 aromatic rings. The first-order valence-corrected chi connectivity index (χ1v) is 5.13. The second-order valence-corrected chi connectivity index (χ2v) is 3.80. The quantitative estimate of drug-likeness (QED) is 0.862. The summed E-state index contributed by atoms with van der Waals surface area (Å²) >= 11 is 0. The van der Waals surface area contributed by atoms with Gasteiger partial charge in [0.1, 0.15) is 11.6 Å². The van der Waals surface area contributed by atoms with Crippen LogP contribution in [-0.4, -0.2) is 5.11 Å². The van der Waals surface area contributed by atoms with Gasteiger partial charge in [0.25, 0.3) is 0 Å². The maximum absolute atomic E-state index is 12.9. The molecule has 0 saturated carbocycles. The summed E-state index contributed by atoms with van der Waals surface area (Å²) in [6.45, 7) is 1.78. The largest absolute Gasteiger partial charge is 0.469 e. The Balaban J connectivity index is 2.17. The number of benzene rings is 1. The minimum Gasteiger partial charge on any atom is -0.469 e. The second-order valence-electron chi connectivity index (χ2n) is 3.80. The molecule has 0 radical (unpaired) electrons. The van der Waals surface area contributed by atoms with E-state index in [4.69, 9.17) is 4.42 Å². The number of rotatable bonds is 3. The standard InChI is InChI=1S/C13H13FO2/c1-9-7-10(14)4-5-12(9)13(15)8-11-3-2-6-16-11/h2-7,13,15H,8H2,1H3. The second kappa shape index (κ2) is 4.49. The highest BCUT2D eigenvalue weighted by molar-refractivity contribution is 5.29. The fourth-order valence-electron chi connectivity index (χ4n) is 1.74. The molecule has 0 aliphatic rings. The predicted octanol–water partition coefficient (Wildman–Crippen LogP) is 3.00. The summed E-state index contributed by atoms with van der Waals surface area (Å²) < 4.78 is 18.0. The smallest absolute Gasteiger partial charge is 0.123 e. The van der Waals surface area contributed by atoms with Crippen LogP contribution in [0.5, 0.6) is 0 Å². The number of aliphatic hydroxyl groups is 1. The van der Waals surface area contributed by atoms with Gasteiger partial charge in [0.15, 0.2) is 0 Å². The maximum Gasteiger partial charge on any atom is 0.123 e. The van der Waals surface area contributed by atoms with Gasteiger partial charge in [0.2, 0.25) is 0 Å². The van der Waals surface area contributed by atoms with Crippen molar-refractivity contribution in [3.05, 3.63) is 59.3 Å². The zero-order chi connectivity index (χ0) is 11.5. The van der Waals surface area contributed by atoms with Crippen molar-refractivity contribution in [2.45, 2.75) is 19.4 Å². The van der Waals surface area contributed by atoms with E-state index in [2.05, 4.69) is 0 Å². The summed E-state index contributed by atoms with van der Waals surface area (Å²) in [4.78, 5) is 0. The molecule has 1 aromatic carbocycles. The molecule has 0 bridgehead atoms. The third kappa shape index (κ3) is 2.31. The Bertz CT molecular complexity index is 463. The molecule has 1 N–H and O–H groups in total. The number of hydrogen-bond acceptors (Lipinski definition) is 2. The Hall–Kier alpha value is -1.61. The lowest BCUT2D eigenvalue weighted by atomic mass is 10.0. The lowest BCUT2D eigenvalue weighted by molar-refractivity contribution is 0.169. The molecule has 0 saturated heterocycles. The van der Waals surface area contributed by atoms with Crippen LogP contribution < -0.4 is 0 Å². The van der Waals surface area contributed by atoms with Crippen LogP contribution in [0, 0.1) is 12.7 Å². The highest BCUT2D eigenvalue weighted by atomic mass is 19.1. The Morgan fingerprint density at radius 1 is 1.38 bits per heavy atom. The molecule has 0 amide bonds. The molecule has 84 valence electrons. The van der Waals surface area contributed by atoms with Gasteiger partial charge in [-0.15, -0.1) is 0 Å². The molecule has 0 fully saturated rings. The van der Waals surface area contributed by atoms with Gasteiger partial charge in [-0.05, 0) is 42.3 Å². The van der Waals surface area contributed by atoms with Gasteiger partial charge in [-0.3, -0.25) is 0 Å². The Labute approximate surface area is 93.3 Å². The molecule has 0 aliphatic heterocycles. The topological polar surface area (TPSA) is 33.4 Å². The van der Waals surface area contributed by atoms with E-state index in [0.717, 1.165) is 16.9 Å². The predicted molar refractivity (Wildman–Crippen MR) is 58.5 cm³/mol. The van der Waals surface area contributed by atoms with Gasteiger partial charge in [-0.1, -0.05) is 6.07 Å². The summed E-state index contributed by atoms with van der Waals surface area (Å²) in [6.07, 6.45) is 1.31. The van der Waals surface area contributed by atoms with Crippen LogP contribution in [-0.2, 0) is 6.42 Å². The van der Waals surface area contributed by atoms with Crippen LogP contribution >= 0.6 is 0 Å². The summed E-state index contributed by atoms with van der Waals surface area (Å²) in [5.74, 6) is 0.433. The summed E-state index contributed by atoms with van der Waals surface area (Å²) in [5.41, 5.74) is 1.48. The number of aryl methyl sites for hydroxylation is 1. The van der Waals surface area contributed by atoms with Crippen molar-refractivity contribution < 1.29 is 13.9 Å². The summed E-state index contributed by atoms with van der Waals surface area (Å²) in [5, 5.41) is 9.98. The Kier molecular flexibility index (Phi) is 3.06. The van der Waals surface area contributed by atoms with E-state index in [9.17, 15) is 9.50 Å². The Morgan fingerprint density at radius 3 is 2.81 bits per heavy atom. The normalized spacial score (nSPS) is 12.7. The molecule has 2 rings (SSSR count). The van der Waals surface area contributed by atoms with E-state index >= 15 is 0 Å². The van der Waals surface area contributed by atoms with E-state index in [1.165, 1.54) is 12.1 Å². The number of hydrogen-bond donors (Lipinski definition) is 1. The first-order valence-electron chi connectivity index (χ1n) is 5.13. The van der Waals surface area contributed by atoms with Crippen molar-refractivity contribution in [2.75, 3.05) is 0 Å². The molecule has 1 atom stereocenters. The first kappa shape index (κ1) is 10.9. The SMILES string of the molecule is Cc1cc(F)ccc1C(O)Cc1ccco1. The molecule has 0 spiro atoms. The van der Waals surface area contributed by atoms with Gasteiger partial charge >= 0.3 is 0 Å². The molecule has 1 heterocycles. The molecule has 16 heavy (non-hydrogen) atoms. The van der Waals surface area contributed by atoms with Crippen LogP contribution in [0.3, 0.4) is 0 Å². The average Bonchev–Trinajstić information content (AvgIpc) is 2.70. The minimum atomic E-state index is -0.660. The fourth-order valence-corrected chi connectivity index (χ4v) is 1.74. The van der Waals surface area contributed by atoms with Crippen molar-refractivity contribution >= 4 is 0 Å². The molecular formula is C13H13FO2. The van der Waals surface area contributed by atoms with Crippen LogP contribution in [0.25, 0.3) is 0 Å². The number of halogens is 1. The maximum atomic E-state index is 12.9. The molecular weight excluding hydrogens is 207 g/mol. The van der Waals surface area contributed by atoms with Crippen molar-refractivity contribution in [3.63, 3.8) is 0 Å². The van der Waals surface area contributed by atoms with Crippen LogP contribution in [0.15, 0.2) is 41.0 Å². The van der Waals surface area contributed by atoms with Crippen molar-refractivity contribution in [2.24, 2.45) is 0 Å². The summed E-state index contributed by atoms with van der Waals surface area (Å²) in [6, 6.07) is 7.97. The molecule has 2 nitrogen and oxygen atoms in total. The van der Waals surface area contributed by atoms with Gasteiger partial charge in [-0.2, -0.15) is 0 Å². The lowest BCUT2D eigenvalue weighted by Crippen LogP contribution is -2.03. The average molecular weight is 220 g/mol. The van der Waals surface area contributed by atoms with Crippen molar-refractivity contribution in [1.82, 2.24) is 0 Å². The van der Waals surface area contributed by atoms with Crippen molar-refractivity contribution in [3.8, 4) is 0 Å². The lowest BCUT2D eigenvalue weighted by Gasteiger charge is -2.12. The van der Waals surface area contributed by atoms with Crippen LogP contribution in [0.1, 0.15) is 23.0 Å². The van der Waals surface area contributed by atoms with Crippen LogP contribution in [0.2, 0.25) is 0 Å². The van der Waals surface area contributed by atoms with E-state index in [0.29, 0.717) is 6.42 Å². The van der Waals surface area contributed by atoms with E-state index < -0.39 is 6.10 Å². The monoisotopic (exact) mass is 220 g/mol. The molecule has 0 aliphatic carbocycles. The Morgan fingerprint density at radius 2 is 2.19 bits per heavy atom. The van der Waals surface area contributed by atoms with Gasteiger partial charge in [0.05, 0.1) is 12.4 Å². The number of aliphatic hydroxyl groups excluding tert-OH is 1. The zero-order valence-corrected chi connectivity index (χ0v) is 8.98. The van der Waals surface area contributed by atoms with Crippen molar-refractivity contribution in [1.29, 1.82) is 0 Å². The van der Waals surface area contributed by atoms with Gasteiger partial charge < -0.3 is 9.52 Å². The van der Waals surface area contributed by atoms with E-state index in [1.807, 2.05) is 6.07 Å². The molecule has 1 unspecified atom stereocenters. The van der Waals surface area contributed by atoms with E-state index in [-0.39, 0.29) is 5.82 Å². The number of furan rings is 1. The zero-order valence-electron chi connectivity index (χ0n) is 8.98. The van der Waals surface area contributed by atoms with E-state index in [1.54, 1.807) is 25.3 Å².